The number of aryl methyl sites for hydroxylation is 1. The number of aromatic nitrogens is 1. The van der Waals surface area contributed by atoms with Crippen LogP contribution in [0.1, 0.15) is 16.2 Å². The van der Waals surface area contributed by atoms with E-state index in [1.54, 1.807) is 6.07 Å². The molecule has 6 heteroatoms. The van der Waals surface area contributed by atoms with Gasteiger partial charge < -0.3 is 8.01 Å². The third kappa shape index (κ3) is 1.71. The number of carbonyl (C=O) groups is 1. The summed E-state index contributed by atoms with van der Waals surface area (Å²) in [6, 6.07) is 1.81. The molecule has 0 aliphatic carbocycles. The van der Waals surface area contributed by atoms with Crippen molar-refractivity contribution in [1.29, 1.82) is 0 Å². The van der Waals surface area contributed by atoms with Crippen LogP contribution in [0.3, 0.4) is 0 Å². The zero-order valence-electron chi connectivity index (χ0n) is 6.18. The summed E-state index contributed by atoms with van der Waals surface area (Å²) < 4.78 is 1.50. The van der Waals surface area contributed by atoms with Crippen molar-refractivity contribution < 1.29 is 4.79 Å². The fourth-order valence-corrected chi connectivity index (χ4v) is 2.52. The lowest BCUT2D eigenvalue weighted by Gasteiger charge is -2.01. The molecule has 0 unspecified atom stereocenters. The van der Waals surface area contributed by atoms with E-state index in [1.165, 1.54) is 3.97 Å². The monoisotopic (exact) mass is 236 g/mol. The van der Waals surface area contributed by atoms with Crippen molar-refractivity contribution in [2.24, 2.45) is 0 Å². The van der Waals surface area contributed by atoms with Crippen LogP contribution in [-0.4, -0.2) is 10.3 Å². The van der Waals surface area contributed by atoms with Gasteiger partial charge in [-0.25, -0.2) is 0 Å². The number of carbonyl (C=O) groups excluding carboxylic acids is 1. The highest BCUT2D eigenvalue weighted by Crippen LogP contribution is 2.16. The Morgan fingerprint density at radius 2 is 2.25 bits per heavy atom. The van der Waals surface area contributed by atoms with Crippen molar-refractivity contribution in [3.63, 3.8) is 0 Å². The van der Waals surface area contributed by atoms with Crippen molar-refractivity contribution in [2.45, 2.75) is 11.8 Å². The van der Waals surface area contributed by atoms with E-state index in [4.69, 9.17) is 22.4 Å². The number of nitrogens with zero attached hydrogens (tertiary/aromatic N) is 1. The summed E-state index contributed by atoms with van der Waals surface area (Å²) >= 11 is 13.9. The Kier molecular flexibility index (Phi) is 3.28. The molecule has 0 aromatic carbocycles. The Labute approximate surface area is 87.3 Å². The van der Waals surface area contributed by atoms with Gasteiger partial charge in [-0.3, -0.25) is 31.1 Å². The van der Waals surface area contributed by atoms with E-state index < -0.39 is 8.01 Å². The first-order valence-electron chi connectivity index (χ1n) is 3.04. The van der Waals surface area contributed by atoms with Crippen LogP contribution in [0, 0.1) is 6.92 Å². The first-order chi connectivity index (χ1) is 5.57. The minimum atomic E-state index is -0.714. The number of thiol groups is 1. The Hall–Kier alpha value is 0.0900. The van der Waals surface area contributed by atoms with Crippen molar-refractivity contribution in [2.75, 3.05) is 0 Å². The topological polar surface area (TPSA) is 22.0 Å². The molecule has 0 aliphatic rings. The largest absolute Gasteiger partial charge is 0.317 e. The second-order valence-electron chi connectivity index (χ2n) is 2.20. The summed E-state index contributed by atoms with van der Waals surface area (Å²) in [4.78, 5) is 11.3. The van der Waals surface area contributed by atoms with Crippen molar-refractivity contribution in [3.8, 4) is 0 Å². The van der Waals surface area contributed by atoms with Crippen molar-refractivity contribution in [3.05, 3.63) is 17.5 Å². The van der Waals surface area contributed by atoms with Gasteiger partial charge in [-0.2, -0.15) is 0 Å². The minimum absolute atomic E-state index is 0.476. The molecule has 0 saturated carbocycles. The van der Waals surface area contributed by atoms with Crippen LogP contribution in [0.25, 0.3) is 0 Å². The lowest BCUT2D eigenvalue weighted by Crippen LogP contribution is -1.92. The SMILES string of the molecule is Cc1cc([S-](=S)=S)c(C=O)n1S. The maximum absolute atomic E-state index is 10.6. The molecular weight excluding hydrogens is 230 g/mol. The highest BCUT2D eigenvalue weighted by atomic mass is 33.1. The normalized spacial score (nSPS) is 10.6. The minimum Gasteiger partial charge on any atom is -0.317 e. The molecule has 1 aromatic rings. The molecule has 0 atom stereocenters. The maximum Gasteiger partial charge on any atom is 0.165 e. The summed E-state index contributed by atoms with van der Waals surface area (Å²) in [7, 11) is -0.714. The fraction of sp³-hybridized carbons (Fsp3) is 0.167. The number of hydrogen-bond donors (Lipinski definition) is 1. The van der Waals surface area contributed by atoms with E-state index in [2.05, 4.69) is 12.8 Å². The smallest absolute Gasteiger partial charge is 0.165 e. The highest BCUT2D eigenvalue weighted by Gasteiger charge is 2.02. The third-order valence-electron chi connectivity index (χ3n) is 1.45. The van der Waals surface area contributed by atoms with Crippen LogP contribution in [0.2, 0.25) is 0 Å². The predicted octanol–water partition coefficient (Wildman–Crippen LogP) is 1.20. The summed E-state index contributed by atoms with van der Waals surface area (Å²) in [6.45, 7) is 1.85. The zero-order valence-corrected chi connectivity index (χ0v) is 9.53. The van der Waals surface area contributed by atoms with Gasteiger partial charge in [0.15, 0.2) is 6.29 Å². The Bertz CT molecular complexity index is 382. The van der Waals surface area contributed by atoms with Crippen molar-refractivity contribution in [1.82, 2.24) is 3.97 Å². The second-order valence-corrected chi connectivity index (χ2v) is 6.14. The molecule has 0 saturated heterocycles. The van der Waals surface area contributed by atoms with E-state index in [1.807, 2.05) is 6.92 Å². The Morgan fingerprint density at radius 3 is 2.58 bits per heavy atom. The van der Waals surface area contributed by atoms with Crippen LogP contribution in [-0.2, 0) is 30.4 Å². The van der Waals surface area contributed by atoms with Gasteiger partial charge in [-0.15, -0.1) is 0 Å². The summed E-state index contributed by atoms with van der Waals surface area (Å²) in [5, 5.41) is 0. The van der Waals surface area contributed by atoms with E-state index in [9.17, 15) is 4.79 Å². The van der Waals surface area contributed by atoms with E-state index >= 15 is 0 Å². The van der Waals surface area contributed by atoms with Crippen LogP contribution >= 0.6 is 12.8 Å². The molecule has 0 bridgehead atoms. The van der Waals surface area contributed by atoms with Gasteiger partial charge in [-0.05, 0) is 6.92 Å². The number of hydrogen-bond acceptors (Lipinski definition) is 5. The summed E-state index contributed by atoms with van der Waals surface area (Å²) in [5.41, 5.74) is 1.35. The molecule has 0 fully saturated rings. The highest BCUT2D eigenvalue weighted by molar-refractivity contribution is 8.46. The predicted molar refractivity (Wildman–Crippen MR) is 59.3 cm³/mol. The average Bonchev–Trinajstić information content (AvgIpc) is 2.29. The third-order valence-corrected chi connectivity index (χ3v) is 3.74. The maximum atomic E-state index is 10.6. The van der Waals surface area contributed by atoms with Gasteiger partial charge in [0.05, 0.1) is 5.69 Å². The van der Waals surface area contributed by atoms with E-state index in [0.29, 0.717) is 5.69 Å². The molecule has 2 nitrogen and oxygen atoms in total. The Balaban J connectivity index is 3.49. The van der Waals surface area contributed by atoms with Gasteiger partial charge in [0, 0.05) is 5.69 Å². The van der Waals surface area contributed by atoms with Crippen molar-refractivity contribution >= 4 is 49.5 Å². The molecule has 1 heterocycles. The van der Waals surface area contributed by atoms with E-state index in [0.717, 1.165) is 16.9 Å². The number of aldehydes is 1. The Morgan fingerprint density at radius 1 is 1.67 bits per heavy atom. The van der Waals surface area contributed by atoms with Gasteiger partial charge in [0.2, 0.25) is 0 Å². The zero-order chi connectivity index (χ0) is 9.30. The van der Waals surface area contributed by atoms with Gasteiger partial charge in [0.1, 0.15) is 0 Å². The summed E-state index contributed by atoms with van der Waals surface area (Å²) in [6.07, 6.45) is 0.730. The first kappa shape index (κ1) is 10.2. The van der Waals surface area contributed by atoms with Crippen LogP contribution < -0.4 is 0 Å². The molecule has 0 amide bonds. The molecule has 1 aromatic heterocycles. The standard InChI is InChI=1S/C6H6NOS4/c1-4-2-6(12(10)11)5(3-8)7(4)9/h2-3,9H,1H3/q-1. The fourth-order valence-electron chi connectivity index (χ4n) is 0.861. The molecule has 66 valence electrons. The molecule has 0 aliphatic heterocycles. The molecule has 12 heavy (non-hydrogen) atoms. The van der Waals surface area contributed by atoms with Crippen LogP contribution in [0.4, 0.5) is 0 Å². The van der Waals surface area contributed by atoms with E-state index in [-0.39, 0.29) is 0 Å². The van der Waals surface area contributed by atoms with Crippen LogP contribution in [0.15, 0.2) is 11.0 Å². The average molecular weight is 236 g/mol. The quantitative estimate of drug-likeness (QED) is 0.474. The molecule has 0 radical (unpaired) electrons. The lowest BCUT2D eigenvalue weighted by atomic mass is 10.4. The van der Waals surface area contributed by atoms with Crippen LogP contribution in [0.5, 0.6) is 0 Å². The molecule has 1 rings (SSSR count). The summed E-state index contributed by atoms with van der Waals surface area (Å²) in [5.74, 6) is 0. The molecular formula is C6H6NOS4-. The molecule has 0 N–H and O–H groups in total. The van der Waals surface area contributed by atoms with Gasteiger partial charge >= 0.3 is 0 Å². The lowest BCUT2D eigenvalue weighted by molar-refractivity contribution is 0.111. The first-order valence-corrected chi connectivity index (χ1v) is 6.51. The second kappa shape index (κ2) is 3.87. The van der Waals surface area contributed by atoms with Gasteiger partial charge in [-0.1, -0.05) is 23.8 Å². The molecule has 0 spiro atoms. The van der Waals surface area contributed by atoms with Gasteiger partial charge in [0.25, 0.3) is 0 Å². The number of rotatable bonds is 2.